The molecule has 6 nitrogen and oxygen atoms in total. The van der Waals surface area contributed by atoms with E-state index < -0.39 is 5.97 Å². The van der Waals surface area contributed by atoms with Crippen LogP contribution in [-0.4, -0.2) is 46.1 Å². The van der Waals surface area contributed by atoms with Gasteiger partial charge in [-0.05, 0) is 32.3 Å². The number of aromatic nitrogens is 2. The molecule has 0 spiro atoms. The van der Waals surface area contributed by atoms with Gasteiger partial charge in [-0.15, -0.1) is 5.10 Å². The molecule has 1 amide bonds. The first-order valence-electron chi connectivity index (χ1n) is 5.34. The number of rotatable bonds is 5. The molecule has 17 heavy (non-hydrogen) atoms. The molecule has 0 atom stereocenters. The molecule has 94 valence electrons. The van der Waals surface area contributed by atoms with Gasteiger partial charge in [0.25, 0.3) is 5.91 Å². The summed E-state index contributed by atoms with van der Waals surface area (Å²) in [5.74, 6) is -0.633. The molecule has 0 fully saturated rings. The molecule has 7 heteroatoms. The van der Waals surface area contributed by atoms with Crippen LogP contribution in [0.1, 0.15) is 29.2 Å². The molecule has 1 aromatic rings. The van der Waals surface area contributed by atoms with Crippen molar-refractivity contribution in [1.82, 2.24) is 14.5 Å². The summed E-state index contributed by atoms with van der Waals surface area (Å²) in [5.41, 5.74) is 0.585. The average molecular weight is 257 g/mol. The van der Waals surface area contributed by atoms with Gasteiger partial charge in [0, 0.05) is 6.54 Å². The maximum absolute atomic E-state index is 12.0. The van der Waals surface area contributed by atoms with Crippen LogP contribution in [0, 0.1) is 6.92 Å². The third-order valence-corrected chi connectivity index (χ3v) is 2.96. The SMILES string of the molecule is CCOC(=O)CN(CC)C(=O)c1snnc1C. The third-order valence-electron chi connectivity index (χ3n) is 2.14. The fourth-order valence-corrected chi connectivity index (χ4v) is 1.89. The molecule has 0 saturated heterocycles. The van der Waals surface area contributed by atoms with Gasteiger partial charge in [0.05, 0.1) is 12.3 Å². The summed E-state index contributed by atoms with van der Waals surface area (Å²) < 4.78 is 8.51. The standard InChI is InChI=1S/C10H15N3O3S/c1-4-13(6-8(14)16-5-2)10(15)9-7(3)11-12-17-9/h4-6H2,1-3H3. The fourth-order valence-electron chi connectivity index (χ4n) is 1.26. The fraction of sp³-hybridized carbons (Fsp3) is 0.600. The van der Waals surface area contributed by atoms with Crippen LogP contribution in [0.15, 0.2) is 0 Å². The van der Waals surface area contributed by atoms with Gasteiger partial charge in [-0.1, -0.05) is 4.49 Å². The number of likely N-dealkylation sites (N-methyl/N-ethyl adjacent to an activating group) is 1. The Kier molecular flexibility index (Phi) is 5.02. The number of hydrogen-bond acceptors (Lipinski definition) is 6. The van der Waals surface area contributed by atoms with Crippen LogP contribution in [0.2, 0.25) is 0 Å². The van der Waals surface area contributed by atoms with E-state index in [0.29, 0.717) is 23.7 Å². The molecule has 0 aliphatic heterocycles. The molecular weight excluding hydrogens is 242 g/mol. The molecule has 0 bridgehead atoms. The van der Waals surface area contributed by atoms with Gasteiger partial charge in [0.1, 0.15) is 11.4 Å². The largest absolute Gasteiger partial charge is 0.465 e. The van der Waals surface area contributed by atoms with E-state index in [9.17, 15) is 9.59 Å². The lowest BCUT2D eigenvalue weighted by molar-refractivity contribution is -0.143. The number of ether oxygens (including phenoxy) is 1. The Hall–Kier alpha value is -1.50. The predicted molar refractivity (Wildman–Crippen MR) is 62.9 cm³/mol. The predicted octanol–water partition coefficient (Wildman–Crippen LogP) is 0.872. The van der Waals surface area contributed by atoms with Crippen LogP contribution in [0.4, 0.5) is 0 Å². The number of carbonyl (C=O) groups is 2. The van der Waals surface area contributed by atoms with E-state index in [0.717, 1.165) is 11.5 Å². The number of hydrogen-bond donors (Lipinski definition) is 0. The van der Waals surface area contributed by atoms with Crippen molar-refractivity contribution in [3.05, 3.63) is 10.6 Å². The van der Waals surface area contributed by atoms with Crippen molar-refractivity contribution in [2.24, 2.45) is 0 Å². The summed E-state index contributed by atoms with van der Waals surface area (Å²) in [6, 6.07) is 0. The Bertz CT molecular complexity index is 405. The zero-order valence-electron chi connectivity index (χ0n) is 10.1. The van der Waals surface area contributed by atoms with Crippen LogP contribution in [0.3, 0.4) is 0 Å². The zero-order valence-corrected chi connectivity index (χ0v) is 10.9. The Labute approximate surface area is 104 Å². The number of amides is 1. The minimum Gasteiger partial charge on any atom is -0.465 e. The molecule has 0 aromatic carbocycles. The number of aryl methyl sites for hydroxylation is 1. The number of nitrogens with zero attached hydrogens (tertiary/aromatic N) is 3. The highest BCUT2D eigenvalue weighted by Crippen LogP contribution is 2.12. The van der Waals surface area contributed by atoms with Gasteiger partial charge in [-0.2, -0.15) is 0 Å². The monoisotopic (exact) mass is 257 g/mol. The molecule has 0 aliphatic rings. The highest BCUT2D eigenvalue weighted by Gasteiger charge is 2.21. The molecule has 0 saturated carbocycles. The van der Waals surface area contributed by atoms with E-state index >= 15 is 0 Å². The number of esters is 1. The maximum atomic E-state index is 12.0. The van der Waals surface area contributed by atoms with Gasteiger partial charge in [0.2, 0.25) is 0 Å². The topological polar surface area (TPSA) is 72.4 Å². The van der Waals surface area contributed by atoms with Crippen LogP contribution < -0.4 is 0 Å². The minimum absolute atomic E-state index is 0.0412. The first kappa shape index (κ1) is 13.6. The summed E-state index contributed by atoms with van der Waals surface area (Å²) >= 11 is 1.04. The van der Waals surface area contributed by atoms with Gasteiger partial charge in [-0.25, -0.2) is 0 Å². The average Bonchev–Trinajstić information content (AvgIpc) is 2.72. The molecule has 0 aliphatic carbocycles. The molecule has 1 heterocycles. The van der Waals surface area contributed by atoms with Crippen LogP contribution in [0.25, 0.3) is 0 Å². The highest BCUT2D eigenvalue weighted by molar-refractivity contribution is 7.07. The van der Waals surface area contributed by atoms with E-state index in [4.69, 9.17) is 4.74 Å². The quantitative estimate of drug-likeness (QED) is 0.732. The Morgan fingerprint density at radius 2 is 2.12 bits per heavy atom. The summed E-state index contributed by atoms with van der Waals surface area (Å²) in [6.45, 7) is 5.96. The summed E-state index contributed by atoms with van der Waals surface area (Å²) in [4.78, 5) is 25.3. The van der Waals surface area contributed by atoms with E-state index in [2.05, 4.69) is 9.59 Å². The normalized spacial score (nSPS) is 10.1. The summed E-state index contributed by atoms with van der Waals surface area (Å²) in [5, 5.41) is 3.77. The second-order valence-corrected chi connectivity index (χ2v) is 4.07. The lowest BCUT2D eigenvalue weighted by Crippen LogP contribution is -2.36. The molecule has 0 unspecified atom stereocenters. The van der Waals surface area contributed by atoms with E-state index in [-0.39, 0.29) is 12.5 Å². The van der Waals surface area contributed by atoms with Crippen molar-refractivity contribution >= 4 is 23.4 Å². The van der Waals surface area contributed by atoms with Crippen molar-refractivity contribution in [3.63, 3.8) is 0 Å². The highest BCUT2D eigenvalue weighted by atomic mass is 32.1. The minimum atomic E-state index is -0.405. The zero-order chi connectivity index (χ0) is 12.8. The molecular formula is C10H15N3O3S. The second kappa shape index (κ2) is 6.29. The Morgan fingerprint density at radius 1 is 1.41 bits per heavy atom. The van der Waals surface area contributed by atoms with Crippen molar-refractivity contribution in [3.8, 4) is 0 Å². The third kappa shape index (κ3) is 3.48. The van der Waals surface area contributed by atoms with Crippen LogP contribution in [0.5, 0.6) is 0 Å². The van der Waals surface area contributed by atoms with Crippen molar-refractivity contribution < 1.29 is 14.3 Å². The Balaban J connectivity index is 2.71. The van der Waals surface area contributed by atoms with Crippen molar-refractivity contribution in [1.29, 1.82) is 0 Å². The Morgan fingerprint density at radius 3 is 2.59 bits per heavy atom. The lowest BCUT2D eigenvalue weighted by atomic mass is 10.3. The van der Waals surface area contributed by atoms with Gasteiger partial charge >= 0.3 is 5.97 Å². The van der Waals surface area contributed by atoms with Crippen LogP contribution in [-0.2, 0) is 9.53 Å². The molecule has 1 rings (SSSR count). The summed E-state index contributed by atoms with van der Waals surface area (Å²) in [7, 11) is 0. The molecule has 0 N–H and O–H groups in total. The van der Waals surface area contributed by atoms with Gasteiger partial charge in [0.15, 0.2) is 0 Å². The second-order valence-electron chi connectivity index (χ2n) is 3.31. The van der Waals surface area contributed by atoms with Crippen LogP contribution >= 0.6 is 11.5 Å². The first-order valence-corrected chi connectivity index (χ1v) is 6.11. The van der Waals surface area contributed by atoms with E-state index in [1.807, 2.05) is 0 Å². The summed E-state index contributed by atoms with van der Waals surface area (Å²) in [6.07, 6.45) is 0. The first-order chi connectivity index (χ1) is 8.10. The maximum Gasteiger partial charge on any atom is 0.325 e. The number of carbonyl (C=O) groups excluding carboxylic acids is 2. The van der Waals surface area contributed by atoms with E-state index in [1.54, 1.807) is 20.8 Å². The van der Waals surface area contributed by atoms with Crippen molar-refractivity contribution in [2.45, 2.75) is 20.8 Å². The van der Waals surface area contributed by atoms with Gasteiger partial charge in [-0.3, -0.25) is 9.59 Å². The van der Waals surface area contributed by atoms with Gasteiger partial charge < -0.3 is 9.64 Å². The molecule has 1 aromatic heterocycles. The van der Waals surface area contributed by atoms with E-state index in [1.165, 1.54) is 4.90 Å². The molecule has 0 radical (unpaired) electrons. The van der Waals surface area contributed by atoms with Crippen molar-refractivity contribution in [2.75, 3.05) is 19.7 Å². The lowest BCUT2D eigenvalue weighted by Gasteiger charge is -2.18. The smallest absolute Gasteiger partial charge is 0.325 e.